The lowest BCUT2D eigenvalue weighted by atomic mass is 10.1. The number of nitrogens with zero attached hydrogens (tertiary/aromatic N) is 6. The summed E-state index contributed by atoms with van der Waals surface area (Å²) >= 11 is 0. The second-order valence-electron chi connectivity index (χ2n) is 8.02. The number of hydrogen-bond donors (Lipinski definition) is 0. The molecule has 3 aromatic rings. The van der Waals surface area contributed by atoms with Crippen molar-refractivity contribution < 1.29 is 0 Å². The third-order valence-corrected chi connectivity index (χ3v) is 6.10. The van der Waals surface area contributed by atoms with Crippen LogP contribution in [0.3, 0.4) is 0 Å². The van der Waals surface area contributed by atoms with E-state index in [9.17, 15) is 0 Å². The highest BCUT2D eigenvalue weighted by atomic mass is 15.3. The van der Waals surface area contributed by atoms with E-state index >= 15 is 0 Å². The van der Waals surface area contributed by atoms with Crippen LogP contribution in [0.4, 0.5) is 5.82 Å². The highest BCUT2D eigenvalue weighted by molar-refractivity contribution is 5.53. The second-order valence-corrected chi connectivity index (χ2v) is 8.02. The van der Waals surface area contributed by atoms with E-state index in [0.29, 0.717) is 6.04 Å². The van der Waals surface area contributed by atoms with Crippen molar-refractivity contribution in [2.24, 2.45) is 0 Å². The number of imidazole rings is 1. The molecule has 0 bridgehead atoms. The Labute approximate surface area is 166 Å². The van der Waals surface area contributed by atoms with Crippen LogP contribution < -0.4 is 4.90 Å². The van der Waals surface area contributed by atoms with E-state index in [4.69, 9.17) is 4.98 Å². The van der Waals surface area contributed by atoms with Gasteiger partial charge in [0, 0.05) is 51.7 Å². The molecule has 2 aliphatic heterocycles. The Kier molecular flexibility index (Phi) is 4.74. The first kappa shape index (κ1) is 17.6. The van der Waals surface area contributed by atoms with Gasteiger partial charge in [0.15, 0.2) is 0 Å². The first-order valence-corrected chi connectivity index (χ1v) is 10.3. The van der Waals surface area contributed by atoms with E-state index in [0.717, 1.165) is 50.6 Å². The van der Waals surface area contributed by atoms with Gasteiger partial charge in [0.2, 0.25) is 0 Å². The first-order chi connectivity index (χ1) is 13.8. The van der Waals surface area contributed by atoms with Crippen molar-refractivity contribution in [3.8, 4) is 0 Å². The molecule has 146 valence electrons. The lowest BCUT2D eigenvalue weighted by Gasteiger charge is -2.38. The number of hydrogen-bond acceptors (Lipinski definition) is 5. The highest BCUT2D eigenvalue weighted by Gasteiger charge is 2.28. The molecule has 0 amide bonds. The molecule has 0 N–H and O–H groups in total. The Morgan fingerprint density at radius 3 is 2.71 bits per heavy atom. The van der Waals surface area contributed by atoms with Crippen LogP contribution in [0.2, 0.25) is 0 Å². The van der Waals surface area contributed by atoms with Gasteiger partial charge in [-0.3, -0.25) is 19.2 Å². The number of likely N-dealkylation sites (N-methyl/N-ethyl adjacent to an activating group) is 1. The second kappa shape index (κ2) is 7.53. The molecule has 0 spiro atoms. The molecule has 0 aliphatic carbocycles. The minimum absolute atomic E-state index is 0.309. The maximum Gasteiger partial charge on any atom is 0.138 e. The summed E-state index contributed by atoms with van der Waals surface area (Å²) in [6, 6.07) is 12.9. The molecule has 6 nitrogen and oxygen atoms in total. The normalized spacial score (nSPS) is 21.6. The molecule has 6 heteroatoms. The summed E-state index contributed by atoms with van der Waals surface area (Å²) < 4.78 is 2.28. The quantitative estimate of drug-likeness (QED) is 0.700. The van der Waals surface area contributed by atoms with Gasteiger partial charge in [-0.1, -0.05) is 12.1 Å². The average molecular weight is 377 g/mol. The largest absolute Gasteiger partial charge is 0.358 e. The molecule has 5 rings (SSSR count). The van der Waals surface area contributed by atoms with Crippen LogP contribution >= 0.6 is 0 Å². The number of piperazine rings is 1. The Bertz CT molecular complexity index is 931. The molecule has 0 aromatic carbocycles. The van der Waals surface area contributed by atoms with Crippen LogP contribution in [0.25, 0.3) is 5.65 Å². The van der Waals surface area contributed by atoms with Gasteiger partial charge in [0.05, 0.1) is 17.4 Å². The molecule has 0 radical (unpaired) electrons. The number of rotatable bonds is 4. The summed E-state index contributed by atoms with van der Waals surface area (Å²) in [6.07, 6.45) is 6.71. The van der Waals surface area contributed by atoms with Gasteiger partial charge in [-0.05, 0) is 44.2 Å². The van der Waals surface area contributed by atoms with E-state index in [-0.39, 0.29) is 0 Å². The molecule has 5 heterocycles. The fourth-order valence-electron chi connectivity index (χ4n) is 4.49. The number of fused-ring (bicyclic) bond motifs is 1. The lowest BCUT2D eigenvalue weighted by Crippen LogP contribution is -2.46. The summed E-state index contributed by atoms with van der Waals surface area (Å²) in [4.78, 5) is 16.9. The fraction of sp³-hybridized carbons (Fsp3) is 0.455. The zero-order valence-electron chi connectivity index (χ0n) is 16.5. The molecule has 1 atom stereocenters. The van der Waals surface area contributed by atoms with Crippen LogP contribution in [0.1, 0.15) is 30.3 Å². The van der Waals surface area contributed by atoms with E-state index in [1.165, 1.54) is 24.4 Å². The first-order valence-electron chi connectivity index (χ1n) is 10.3. The Hall–Kier alpha value is -2.44. The number of anilines is 1. The van der Waals surface area contributed by atoms with E-state index < -0.39 is 0 Å². The molecule has 2 aliphatic rings. The lowest BCUT2D eigenvalue weighted by molar-refractivity contribution is 0.0877. The molecule has 2 fully saturated rings. The van der Waals surface area contributed by atoms with Crippen molar-refractivity contribution in [2.75, 3.05) is 44.7 Å². The van der Waals surface area contributed by atoms with Crippen molar-refractivity contribution >= 4 is 11.5 Å². The maximum absolute atomic E-state index is 5.01. The van der Waals surface area contributed by atoms with Crippen molar-refractivity contribution in [3.63, 3.8) is 0 Å². The van der Waals surface area contributed by atoms with Crippen LogP contribution in [-0.2, 0) is 6.54 Å². The van der Waals surface area contributed by atoms with E-state index in [2.05, 4.69) is 67.7 Å². The standard InChI is InChI=1S/C22H28N6/c1-25-13-14-26(15-18-7-2-3-10-23-18)17-20(25)19-16-28-21(24-19)8-6-9-22(28)27-11-4-5-12-27/h2-3,6-10,16,20H,4-5,11-15,17H2,1H3. The SMILES string of the molecule is CN1CCN(Cc2ccccn2)CC1c1cn2c(N3CCCC3)cccc2n1. The topological polar surface area (TPSA) is 39.9 Å². The van der Waals surface area contributed by atoms with Crippen LogP contribution in [0.15, 0.2) is 48.8 Å². The van der Waals surface area contributed by atoms with E-state index in [1.807, 2.05) is 12.3 Å². The van der Waals surface area contributed by atoms with Gasteiger partial charge >= 0.3 is 0 Å². The van der Waals surface area contributed by atoms with Crippen LogP contribution in [-0.4, -0.2) is 63.9 Å². The minimum atomic E-state index is 0.309. The maximum atomic E-state index is 5.01. The predicted molar refractivity (Wildman–Crippen MR) is 112 cm³/mol. The zero-order valence-corrected chi connectivity index (χ0v) is 16.5. The van der Waals surface area contributed by atoms with Crippen molar-refractivity contribution in [1.29, 1.82) is 0 Å². The summed E-state index contributed by atoms with van der Waals surface area (Å²) in [5.74, 6) is 1.28. The van der Waals surface area contributed by atoms with Gasteiger partial charge in [-0.25, -0.2) is 4.98 Å². The summed E-state index contributed by atoms with van der Waals surface area (Å²) in [5, 5.41) is 0. The van der Waals surface area contributed by atoms with E-state index in [1.54, 1.807) is 0 Å². The van der Waals surface area contributed by atoms with Crippen molar-refractivity contribution in [3.05, 3.63) is 60.2 Å². The van der Waals surface area contributed by atoms with Gasteiger partial charge in [-0.15, -0.1) is 0 Å². The predicted octanol–water partition coefficient (Wildman–Crippen LogP) is 2.82. The van der Waals surface area contributed by atoms with Crippen LogP contribution in [0, 0.1) is 0 Å². The molecule has 2 saturated heterocycles. The summed E-state index contributed by atoms with van der Waals surface area (Å²) in [5.41, 5.74) is 3.35. The zero-order chi connectivity index (χ0) is 18.9. The molecule has 3 aromatic heterocycles. The Balaban J connectivity index is 1.40. The Morgan fingerprint density at radius 2 is 1.89 bits per heavy atom. The molecular weight excluding hydrogens is 348 g/mol. The number of aromatic nitrogens is 3. The van der Waals surface area contributed by atoms with Crippen molar-refractivity contribution in [2.45, 2.75) is 25.4 Å². The highest BCUT2D eigenvalue weighted by Crippen LogP contribution is 2.27. The van der Waals surface area contributed by atoms with Gasteiger partial charge in [0.25, 0.3) is 0 Å². The summed E-state index contributed by atoms with van der Waals surface area (Å²) in [7, 11) is 2.22. The Morgan fingerprint density at radius 1 is 1.00 bits per heavy atom. The van der Waals surface area contributed by atoms with Gasteiger partial charge in [-0.2, -0.15) is 0 Å². The smallest absolute Gasteiger partial charge is 0.138 e. The summed E-state index contributed by atoms with van der Waals surface area (Å²) in [6.45, 7) is 6.29. The monoisotopic (exact) mass is 376 g/mol. The van der Waals surface area contributed by atoms with Crippen molar-refractivity contribution in [1.82, 2.24) is 24.2 Å². The third-order valence-electron chi connectivity index (χ3n) is 6.10. The average Bonchev–Trinajstić information content (AvgIpc) is 3.40. The molecular formula is C22H28N6. The molecule has 1 unspecified atom stereocenters. The molecule has 28 heavy (non-hydrogen) atoms. The minimum Gasteiger partial charge on any atom is -0.358 e. The fourth-order valence-corrected chi connectivity index (χ4v) is 4.49. The van der Waals surface area contributed by atoms with Crippen LogP contribution in [0.5, 0.6) is 0 Å². The number of pyridine rings is 2. The van der Waals surface area contributed by atoms with Gasteiger partial charge in [0.1, 0.15) is 11.5 Å². The van der Waals surface area contributed by atoms with Gasteiger partial charge < -0.3 is 4.90 Å². The third kappa shape index (κ3) is 3.38. The molecule has 0 saturated carbocycles.